The zero-order valence-corrected chi connectivity index (χ0v) is 15.1. The van der Waals surface area contributed by atoms with Crippen LogP contribution in [0.15, 0.2) is 21.7 Å². The minimum absolute atomic E-state index is 0.0622. The van der Waals surface area contributed by atoms with Crippen LogP contribution in [0.25, 0.3) is 0 Å². The van der Waals surface area contributed by atoms with Crippen LogP contribution in [0.3, 0.4) is 0 Å². The van der Waals surface area contributed by atoms with Crippen LogP contribution in [0.2, 0.25) is 0 Å². The molecule has 0 radical (unpaired) electrons. The van der Waals surface area contributed by atoms with Crippen LogP contribution in [0.4, 0.5) is 4.79 Å². The lowest BCUT2D eigenvalue weighted by Crippen LogP contribution is -2.51. The smallest absolute Gasteiger partial charge is 0.320 e. The number of nitrogens with zero attached hydrogens (tertiary/aromatic N) is 2. The van der Waals surface area contributed by atoms with Crippen LogP contribution in [-0.4, -0.2) is 56.0 Å². The van der Waals surface area contributed by atoms with E-state index in [1.165, 1.54) is 11.3 Å². The SMILES string of the molecule is CCN(CC)C(=O)N1C[C@@H]2C[C@H]1C[C@@H]2NS(=O)(=O)c1cccs1. The number of sulfonamides is 1. The van der Waals surface area contributed by atoms with Crippen molar-refractivity contribution in [1.29, 1.82) is 0 Å². The summed E-state index contributed by atoms with van der Waals surface area (Å²) < 4.78 is 27.9. The number of rotatable bonds is 5. The number of fused-ring (bicyclic) bond motifs is 2. The van der Waals surface area contributed by atoms with Crippen molar-refractivity contribution < 1.29 is 13.2 Å². The number of carbonyl (C=O) groups is 1. The van der Waals surface area contributed by atoms with E-state index < -0.39 is 10.0 Å². The average Bonchev–Trinajstić information content (AvgIpc) is 3.24. The molecule has 6 nitrogen and oxygen atoms in total. The zero-order chi connectivity index (χ0) is 16.6. The fourth-order valence-corrected chi connectivity index (χ4v) is 6.01. The zero-order valence-electron chi connectivity index (χ0n) is 13.4. The molecule has 128 valence electrons. The number of amides is 2. The Morgan fingerprint density at radius 3 is 2.65 bits per heavy atom. The first-order valence-corrected chi connectivity index (χ1v) is 10.4. The third kappa shape index (κ3) is 3.12. The predicted octanol–water partition coefficient (Wildman–Crippen LogP) is 1.95. The summed E-state index contributed by atoms with van der Waals surface area (Å²) in [6, 6.07) is 3.54. The highest BCUT2D eigenvalue weighted by molar-refractivity contribution is 7.91. The van der Waals surface area contributed by atoms with Gasteiger partial charge in [-0.2, -0.15) is 0 Å². The second-order valence-electron chi connectivity index (χ2n) is 6.15. The molecule has 0 aromatic carbocycles. The van der Waals surface area contributed by atoms with Gasteiger partial charge in [-0.05, 0) is 44.1 Å². The Kier molecular flexibility index (Phi) is 4.66. The Bertz CT molecular complexity index is 656. The van der Waals surface area contributed by atoms with Crippen LogP contribution in [-0.2, 0) is 10.0 Å². The Morgan fingerprint density at radius 2 is 2.13 bits per heavy atom. The quantitative estimate of drug-likeness (QED) is 0.876. The molecule has 2 bridgehead atoms. The van der Waals surface area contributed by atoms with Gasteiger partial charge in [0.25, 0.3) is 0 Å². The predicted molar refractivity (Wildman–Crippen MR) is 90.0 cm³/mol. The standard InChI is InChI=1S/C15H23N3O3S2/c1-3-17(4-2)15(19)18-10-11-8-12(18)9-13(11)16-23(20,21)14-6-5-7-22-14/h5-7,11-13,16H,3-4,8-10H2,1-2H3/t11-,12-,13-/m0/s1. The molecule has 8 heteroatoms. The number of carbonyl (C=O) groups excluding carboxylic acids is 1. The summed E-state index contributed by atoms with van der Waals surface area (Å²) in [5.74, 6) is 0.217. The molecule has 0 spiro atoms. The number of thiophene rings is 1. The molecule has 1 N–H and O–H groups in total. The molecule has 1 aliphatic heterocycles. The molecule has 23 heavy (non-hydrogen) atoms. The molecule has 2 amide bonds. The molecule has 1 aromatic rings. The minimum atomic E-state index is -3.43. The first kappa shape index (κ1) is 16.7. The summed E-state index contributed by atoms with van der Waals surface area (Å²) in [4.78, 5) is 16.2. The molecular weight excluding hydrogens is 334 g/mol. The highest BCUT2D eigenvalue weighted by Crippen LogP contribution is 2.39. The van der Waals surface area contributed by atoms with Crippen molar-refractivity contribution in [3.8, 4) is 0 Å². The van der Waals surface area contributed by atoms with Gasteiger partial charge in [-0.25, -0.2) is 17.9 Å². The van der Waals surface area contributed by atoms with Crippen molar-refractivity contribution in [1.82, 2.24) is 14.5 Å². The summed E-state index contributed by atoms with van der Waals surface area (Å²) in [5.41, 5.74) is 0. The molecule has 1 aliphatic carbocycles. The number of hydrogen-bond donors (Lipinski definition) is 1. The topological polar surface area (TPSA) is 69.7 Å². The lowest BCUT2D eigenvalue weighted by Gasteiger charge is -2.35. The molecule has 3 atom stereocenters. The van der Waals surface area contributed by atoms with Gasteiger partial charge in [0.2, 0.25) is 10.0 Å². The fraction of sp³-hybridized carbons (Fsp3) is 0.667. The second-order valence-corrected chi connectivity index (χ2v) is 9.04. The van der Waals surface area contributed by atoms with Gasteiger partial charge in [0.15, 0.2) is 0 Å². The Morgan fingerprint density at radius 1 is 1.39 bits per heavy atom. The number of nitrogens with one attached hydrogen (secondary N) is 1. The third-order valence-electron chi connectivity index (χ3n) is 4.89. The van der Waals surface area contributed by atoms with Gasteiger partial charge in [-0.1, -0.05) is 6.07 Å². The van der Waals surface area contributed by atoms with Crippen LogP contribution in [0.1, 0.15) is 26.7 Å². The number of hydrogen-bond acceptors (Lipinski definition) is 4. The van der Waals surface area contributed by atoms with E-state index in [0.717, 1.165) is 6.42 Å². The highest BCUT2D eigenvalue weighted by atomic mass is 32.2. The van der Waals surface area contributed by atoms with Crippen molar-refractivity contribution in [2.24, 2.45) is 5.92 Å². The number of piperidine rings is 1. The average molecular weight is 358 g/mol. The van der Waals surface area contributed by atoms with Gasteiger partial charge in [-0.3, -0.25) is 0 Å². The largest absolute Gasteiger partial charge is 0.325 e. The Balaban J connectivity index is 1.64. The van der Waals surface area contributed by atoms with Gasteiger partial charge >= 0.3 is 6.03 Å². The van der Waals surface area contributed by atoms with Gasteiger partial charge in [0, 0.05) is 31.7 Å². The maximum absolute atomic E-state index is 12.5. The summed E-state index contributed by atoms with van der Waals surface area (Å²) in [6.07, 6.45) is 1.60. The van der Waals surface area contributed by atoms with Crippen molar-refractivity contribution in [3.63, 3.8) is 0 Å². The van der Waals surface area contributed by atoms with Crippen LogP contribution >= 0.6 is 11.3 Å². The summed E-state index contributed by atoms with van der Waals surface area (Å²) >= 11 is 1.23. The first-order valence-electron chi connectivity index (χ1n) is 8.07. The lowest BCUT2D eigenvalue weighted by atomic mass is 10.0. The Hall–Kier alpha value is -1.12. The molecule has 1 saturated heterocycles. The van der Waals surface area contributed by atoms with E-state index in [-0.39, 0.29) is 24.0 Å². The Labute approximate surface area is 141 Å². The lowest BCUT2D eigenvalue weighted by molar-refractivity contribution is 0.138. The van der Waals surface area contributed by atoms with E-state index in [1.807, 2.05) is 23.6 Å². The van der Waals surface area contributed by atoms with E-state index in [9.17, 15) is 13.2 Å². The van der Waals surface area contributed by atoms with Crippen LogP contribution < -0.4 is 4.72 Å². The maximum atomic E-state index is 12.5. The van der Waals surface area contributed by atoms with Gasteiger partial charge in [0.05, 0.1) is 0 Å². The van der Waals surface area contributed by atoms with Gasteiger partial charge in [0.1, 0.15) is 4.21 Å². The maximum Gasteiger partial charge on any atom is 0.320 e. The van der Waals surface area contributed by atoms with E-state index in [1.54, 1.807) is 17.5 Å². The second kappa shape index (κ2) is 6.41. The fourth-order valence-electron chi connectivity index (χ4n) is 3.68. The van der Waals surface area contributed by atoms with Crippen molar-refractivity contribution >= 4 is 27.4 Å². The van der Waals surface area contributed by atoms with Crippen molar-refractivity contribution in [3.05, 3.63) is 17.5 Å². The molecule has 2 aliphatic rings. The van der Waals surface area contributed by atoms with Crippen LogP contribution in [0.5, 0.6) is 0 Å². The van der Waals surface area contributed by atoms with Gasteiger partial charge < -0.3 is 9.80 Å². The third-order valence-corrected chi connectivity index (χ3v) is 7.78. The molecule has 0 unspecified atom stereocenters. The van der Waals surface area contributed by atoms with Crippen molar-refractivity contribution in [2.45, 2.75) is 43.0 Å². The summed E-state index contributed by atoms with van der Waals surface area (Å²) in [7, 11) is -3.43. The molecule has 1 aromatic heterocycles. The molecule has 3 rings (SSSR count). The molecule has 1 saturated carbocycles. The highest BCUT2D eigenvalue weighted by Gasteiger charge is 2.48. The van der Waals surface area contributed by atoms with Crippen LogP contribution in [0, 0.1) is 5.92 Å². The monoisotopic (exact) mass is 357 g/mol. The first-order chi connectivity index (χ1) is 11.0. The number of likely N-dealkylation sites (tertiary alicyclic amines) is 1. The van der Waals surface area contributed by atoms with E-state index in [0.29, 0.717) is 30.3 Å². The summed E-state index contributed by atoms with van der Waals surface area (Å²) in [5, 5.41) is 1.76. The molecule has 2 fully saturated rings. The normalized spacial score (nSPS) is 26.7. The molecular formula is C15H23N3O3S2. The van der Waals surface area contributed by atoms with Crippen molar-refractivity contribution in [2.75, 3.05) is 19.6 Å². The van der Waals surface area contributed by atoms with E-state index in [2.05, 4.69) is 4.72 Å². The van der Waals surface area contributed by atoms with E-state index in [4.69, 9.17) is 0 Å². The number of urea groups is 1. The van der Waals surface area contributed by atoms with Gasteiger partial charge in [-0.15, -0.1) is 11.3 Å². The minimum Gasteiger partial charge on any atom is -0.325 e. The summed E-state index contributed by atoms with van der Waals surface area (Å²) in [6.45, 7) is 6.02. The molecule has 2 heterocycles. The van der Waals surface area contributed by atoms with E-state index >= 15 is 0 Å².